The van der Waals surface area contributed by atoms with Gasteiger partial charge in [0, 0.05) is 24.7 Å². The minimum atomic E-state index is -0.414. The molecule has 2 aromatic heterocycles. The fourth-order valence-corrected chi connectivity index (χ4v) is 2.57. The average Bonchev–Trinajstić information content (AvgIpc) is 2.59. The molecule has 0 amide bonds. The zero-order valence-electron chi connectivity index (χ0n) is 11.6. The summed E-state index contributed by atoms with van der Waals surface area (Å²) in [4.78, 5) is 25.3. The number of anilines is 1. The Morgan fingerprint density at radius 3 is 3.18 bits per heavy atom. The smallest absolute Gasteiger partial charge is 0.346 e. The van der Waals surface area contributed by atoms with Crippen LogP contribution in [0, 0.1) is 0 Å². The molecule has 0 saturated heterocycles. The molecule has 1 N–H and O–H groups in total. The maximum Gasteiger partial charge on any atom is 0.346 e. The zero-order valence-corrected chi connectivity index (χ0v) is 12.5. The van der Waals surface area contributed by atoms with Crippen molar-refractivity contribution >= 4 is 23.5 Å². The second-order valence-electron chi connectivity index (χ2n) is 4.27. The molecule has 0 spiro atoms. The van der Waals surface area contributed by atoms with Crippen molar-refractivity contribution in [3.8, 4) is 5.88 Å². The Kier molecular flexibility index (Phi) is 4.19. The van der Waals surface area contributed by atoms with Gasteiger partial charge in [-0.2, -0.15) is 0 Å². The first kappa shape index (κ1) is 14.3. The van der Waals surface area contributed by atoms with Gasteiger partial charge < -0.3 is 14.8 Å². The molecule has 3 heterocycles. The predicted molar refractivity (Wildman–Crippen MR) is 80.2 cm³/mol. The highest BCUT2D eigenvalue weighted by Crippen LogP contribution is 2.35. The summed E-state index contributed by atoms with van der Waals surface area (Å²) in [6, 6.07) is 3.48. The van der Waals surface area contributed by atoms with Crippen LogP contribution >= 0.6 is 11.8 Å². The topological polar surface area (TPSA) is 86.2 Å². The Balaban J connectivity index is 1.62. The number of fused-ring (bicyclic) bond motifs is 1. The van der Waals surface area contributed by atoms with Gasteiger partial charge in [-0.1, -0.05) is 11.8 Å². The number of aromatic nitrogens is 3. The van der Waals surface area contributed by atoms with E-state index in [-0.39, 0.29) is 6.61 Å². The van der Waals surface area contributed by atoms with E-state index in [4.69, 9.17) is 9.47 Å². The highest BCUT2D eigenvalue weighted by atomic mass is 32.2. The van der Waals surface area contributed by atoms with Gasteiger partial charge >= 0.3 is 5.97 Å². The van der Waals surface area contributed by atoms with Gasteiger partial charge in [-0.25, -0.2) is 19.7 Å². The van der Waals surface area contributed by atoms with Crippen LogP contribution in [0.15, 0.2) is 46.9 Å². The number of thioether (sulfide) groups is 1. The average molecular weight is 316 g/mol. The van der Waals surface area contributed by atoms with Crippen LogP contribution in [0.25, 0.3) is 0 Å². The van der Waals surface area contributed by atoms with Gasteiger partial charge in [-0.3, -0.25) is 0 Å². The first-order valence-electron chi connectivity index (χ1n) is 6.37. The summed E-state index contributed by atoms with van der Waals surface area (Å²) in [7, 11) is 1.53. The van der Waals surface area contributed by atoms with Crippen molar-refractivity contribution in [2.24, 2.45) is 0 Å². The van der Waals surface area contributed by atoms with Gasteiger partial charge in [-0.05, 0) is 11.6 Å². The number of nitrogens with zero attached hydrogens (tertiary/aromatic N) is 3. The molecule has 7 nitrogen and oxygen atoms in total. The van der Waals surface area contributed by atoms with Crippen molar-refractivity contribution in [3.05, 3.63) is 47.5 Å². The molecule has 22 heavy (non-hydrogen) atoms. The Morgan fingerprint density at radius 1 is 1.41 bits per heavy atom. The van der Waals surface area contributed by atoms with Crippen LogP contribution < -0.4 is 10.1 Å². The van der Waals surface area contributed by atoms with Gasteiger partial charge in [-0.15, -0.1) is 0 Å². The maximum absolute atomic E-state index is 12.1. The van der Waals surface area contributed by atoms with Gasteiger partial charge in [0.2, 0.25) is 5.88 Å². The van der Waals surface area contributed by atoms with Crippen LogP contribution in [0.1, 0.15) is 5.56 Å². The van der Waals surface area contributed by atoms with E-state index in [9.17, 15) is 4.79 Å². The van der Waals surface area contributed by atoms with E-state index in [1.54, 1.807) is 30.7 Å². The SMILES string of the molecule is COc1cc(COC(=O)C2=CNc3ncncc3S2)ccn1. The van der Waals surface area contributed by atoms with Crippen molar-refractivity contribution in [2.45, 2.75) is 11.5 Å². The van der Waals surface area contributed by atoms with E-state index in [0.717, 1.165) is 10.5 Å². The van der Waals surface area contributed by atoms with E-state index >= 15 is 0 Å². The summed E-state index contributed by atoms with van der Waals surface area (Å²) >= 11 is 1.27. The summed E-state index contributed by atoms with van der Waals surface area (Å²) in [5, 5.41) is 2.95. The van der Waals surface area contributed by atoms with Crippen molar-refractivity contribution in [1.29, 1.82) is 0 Å². The maximum atomic E-state index is 12.1. The zero-order chi connectivity index (χ0) is 15.4. The van der Waals surface area contributed by atoms with E-state index in [0.29, 0.717) is 16.6 Å². The minimum Gasteiger partial charge on any atom is -0.481 e. The number of carbonyl (C=O) groups excluding carboxylic acids is 1. The number of hydrogen-bond acceptors (Lipinski definition) is 8. The van der Waals surface area contributed by atoms with Crippen LogP contribution in [0.5, 0.6) is 5.88 Å². The molecule has 0 atom stereocenters. The molecule has 0 aromatic carbocycles. The fourth-order valence-electron chi connectivity index (χ4n) is 1.75. The Hall–Kier alpha value is -2.61. The molecule has 112 valence electrons. The molecule has 0 unspecified atom stereocenters. The largest absolute Gasteiger partial charge is 0.481 e. The normalized spacial score (nSPS) is 12.7. The highest BCUT2D eigenvalue weighted by Gasteiger charge is 2.19. The molecular formula is C14H12N4O3S. The molecule has 2 aromatic rings. The van der Waals surface area contributed by atoms with E-state index in [2.05, 4.69) is 20.3 Å². The third-order valence-corrected chi connectivity index (χ3v) is 3.84. The number of carbonyl (C=O) groups is 1. The van der Waals surface area contributed by atoms with E-state index < -0.39 is 5.97 Å². The molecule has 0 bridgehead atoms. The predicted octanol–water partition coefficient (Wildman–Crippen LogP) is 1.98. The van der Waals surface area contributed by atoms with Crippen molar-refractivity contribution in [3.63, 3.8) is 0 Å². The van der Waals surface area contributed by atoms with Crippen molar-refractivity contribution < 1.29 is 14.3 Å². The second kappa shape index (κ2) is 6.44. The number of methoxy groups -OCH3 is 1. The molecule has 3 rings (SSSR count). The lowest BCUT2D eigenvalue weighted by Crippen LogP contribution is -2.11. The first-order chi connectivity index (χ1) is 10.8. The number of ether oxygens (including phenoxy) is 2. The van der Waals surface area contributed by atoms with Crippen LogP contribution in [-0.2, 0) is 16.1 Å². The highest BCUT2D eigenvalue weighted by molar-refractivity contribution is 8.04. The van der Waals surface area contributed by atoms with Gasteiger partial charge in [0.05, 0.1) is 12.0 Å². The quantitative estimate of drug-likeness (QED) is 0.857. The lowest BCUT2D eigenvalue weighted by Gasteiger charge is -2.15. The van der Waals surface area contributed by atoms with Crippen LogP contribution in [-0.4, -0.2) is 28.0 Å². The Labute approximate surface area is 130 Å². The first-order valence-corrected chi connectivity index (χ1v) is 7.18. The third kappa shape index (κ3) is 3.17. The lowest BCUT2D eigenvalue weighted by atomic mass is 10.3. The third-order valence-electron chi connectivity index (χ3n) is 2.82. The summed E-state index contributed by atoms with van der Waals surface area (Å²) in [5.41, 5.74) is 0.804. The molecule has 0 radical (unpaired) electrons. The molecule has 0 aliphatic carbocycles. The molecule has 1 aliphatic rings. The van der Waals surface area contributed by atoms with Crippen LogP contribution in [0.3, 0.4) is 0 Å². The van der Waals surface area contributed by atoms with Gasteiger partial charge in [0.15, 0.2) is 0 Å². The van der Waals surface area contributed by atoms with Crippen LogP contribution in [0.4, 0.5) is 5.82 Å². The number of nitrogens with one attached hydrogen (secondary N) is 1. The standard InChI is InChI=1S/C14H12N4O3S/c1-20-12-4-9(2-3-16-12)7-21-14(19)11-6-17-13-10(22-11)5-15-8-18-13/h2-6,8H,7H2,1H3,(H,15,17,18). The molecule has 0 saturated carbocycles. The van der Waals surface area contributed by atoms with Gasteiger partial charge in [0.25, 0.3) is 0 Å². The summed E-state index contributed by atoms with van der Waals surface area (Å²) in [6.07, 6.45) is 6.27. The summed E-state index contributed by atoms with van der Waals surface area (Å²) in [6.45, 7) is 0.147. The Bertz CT molecular complexity index is 736. The number of hydrogen-bond donors (Lipinski definition) is 1. The van der Waals surface area contributed by atoms with Crippen LogP contribution in [0.2, 0.25) is 0 Å². The number of esters is 1. The second-order valence-corrected chi connectivity index (χ2v) is 5.36. The Morgan fingerprint density at radius 2 is 2.32 bits per heavy atom. The summed E-state index contributed by atoms with van der Waals surface area (Å²) in [5.74, 6) is 0.741. The van der Waals surface area contributed by atoms with Gasteiger partial charge in [0.1, 0.15) is 23.7 Å². The fraction of sp³-hybridized carbons (Fsp3) is 0.143. The number of rotatable bonds is 4. The lowest BCUT2D eigenvalue weighted by molar-refractivity contribution is -0.139. The molecule has 1 aliphatic heterocycles. The van der Waals surface area contributed by atoms with Crippen molar-refractivity contribution in [2.75, 3.05) is 12.4 Å². The molecule has 8 heteroatoms. The monoisotopic (exact) mass is 316 g/mol. The van der Waals surface area contributed by atoms with E-state index in [1.165, 1.54) is 25.2 Å². The van der Waals surface area contributed by atoms with E-state index in [1.807, 2.05) is 0 Å². The molecule has 0 fully saturated rings. The number of pyridine rings is 1. The minimum absolute atomic E-state index is 0.147. The molecular weight excluding hydrogens is 304 g/mol. The summed E-state index contributed by atoms with van der Waals surface area (Å²) < 4.78 is 10.3. The van der Waals surface area contributed by atoms with Crippen molar-refractivity contribution in [1.82, 2.24) is 15.0 Å².